The normalized spacial score (nSPS) is 12.0. The first kappa shape index (κ1) is 11.0. The first-order valence-electron chi connectivity index (χ1n) is 4.70. The summed E-state index contributed by atoms with van der Waals surface area (Å²) in [7, 11) is 0.348. The van der Waals surface area contributed by atoms with Crippen LogP contribution in [-0.4, -0.2) is 21.6 Å². The summed E-state index contributed by atoms with van der Waals surface area (Å²) in [5.74, 6) is 0.884. The van der Waals surface area contributed by atoms with Gasteiger partial charge in [0, 0.05) is 6.21 Å². The number of hydrogen-bond acceptors (Lipinski definition) is 2. The molecule has 0 saturated heterocycles. The second-order valence-electron chi connectivity index (χ2n) is 4.20. The van der Waals surface area contributed by atoms with Gasteiger partial charge in [-0.3, -0.25) is 0 Å². The zero-order valence-electron chi connectivity index (χ0n) is 9.24. The van der Waals surface area contributed by atoms with Crippen LogP contribution in [0.5, 0.6) is 5.75 Å². The minimum atomic E-state index is -1.32. The molecule has 0 heterocycles. The first-order chi connectivity index (χ1) is 6.51. The van der Waals surface area contributed by atoms with Crippen molar-refractivity contribution >= 4 is 14.5 Å². The predicted octanol–water partition coefficient (Wildman–Crippen LogP) is 2.95. The third kappa shape index (κ3) is 3.74. The Balaban J connectivity index is 2.74. The quantitative estimate of drug-likeness (QED) is 0.551. The average molecular weight is 207 g/mol. The maximum Gasteiger partial charge on any atom is 0.172 e. The van der Waals surface area contributed by atoms with Gasteiger partial charge in [-0.05, 0) is 49.5 Å². The van der Waals surface area contributed by atoms with Gasteiger partial charge < -0.3 is 9.39 Å². The number of hydrogen-bond donors (Lipinski definition) is 0. The Morgan fingerprint density at radius 1 is 1.14 bits per heavy atom. The van der Waals surface area contributed by atoms with E-state index in [0.717, 1.165) is 11.3 Å². The molecule has 1 aromatic rings. The lowest BCUT2D eigenvalue weighted by atomic mass is 10.2. The molecule has 1 aromatic carbocycles. The molecule has 0 aliphatic carbocycles. The second kappa shape index (κ2) is 4.42. The highest BCUT2D eigenvalue weighted by molar-refractivity contribution is 6.75. The SMILES string of the molecule is COc1ccc(/C=N/[Si](C)(C)C)cc1. The van der Waals surface area contributed by atoms with Crippen molar-refractivity contribution < 1.29 is 4.74 Å². The Bertz CT molecular complexity index is 311. The molecule has 14 heavy (non-hydrogen) atoms. The first-order valence-corrected chi connectivity index (χ1v) is 8.15. The summed E-state index contributed by atoms with van der Waals surface area (Å²) in [6.07, 6.45) is 1.95. The molecule has 0 saturated carbocycles. The Hall–Kier alpha value is -1.09. The van der Waals surface area contributed by atoms with Gasteiger partial charge in [0.05, 0.1) is 7.11 Å². The summed E-state index contributed by atoms with van der Waals surface area (Å²) < 4.78 is 9.63. The molecule has 0 aliphatic rings. The van der Waals surface area contributed by atoms with E-state index in [1.54, 1.807) is 7.11 Å². The highest BCUT2D eigenvalue weighted by atomic mass is 28.3. The van der Waals surface area contributed by atoms with E-state index in [9.17, 15) is 0 Å². The Morgan fingerprint density at radius 3 is 2.14 bits per heavy atom. The van der Waals surface area contributed by atoms with E-state index in [-0.39, 0.29) is 0 Å². The molecule has 0 aliphatic heterocycles. The Labute approximate surface area is 86.7 Å². The van der Waals surface area contributed by atoms with Gasteiger partial charge in [0.2, 0.25) is 0 Å². The summed E-state index contributed by atoms with van der Waals surface area (Å²) in [6, 6.07) is 7.93. The Morgan fingerprint density at radius 2 is 1.71 bits per heavy atom. The third-order valence-corrected chi connectivity index (χ3v) is 2.62. The maximum absolute atomic E-state index is 5.08. The molecule has 0 bridgehead atoms. The van der Waals surface area contributed by atoms with Crippen LogP contribution < -0.4 is 4.74 Å². The largest absolute Gasteiger partial charge is 0.497 e. The number of nitrogens with zero attached hydrogens (tertiary/aromatic N) is 1. The average Bonchev–Trinajstić information content (AvgIpc) is 2.14. The van der Waals surface area contributed by atoms with Gasteiger partial charge in [-0.15, -0.1) is 0 Å². The summed E-state index contributed by atoms with van der Waals surface area (Å²) in [5, 5.41) is 0. The fraction of sp³-hybridized carbons (Fsp3) is 0.364. The number of methoxy groups -OCH3 is 1. The topological polar surface area (TPSA) is 21.6 Å². The molecule has 0 aromatic heterocycles. The molecule has 2 nitrogen and oxygen atoms in total. The van der Waals surface area contributed by atoms with Crippen LogP contribution in [0.1, 0.15) is 5.56 Å². The maximum atomic E-state index is 5.08. The second-order valence-corrected chi connectivity index (χ2v) is 8.80. The molecule has 0 fully saturated rings. The molecule has 0 unspecified atom stereocenters. The minimum absolute atomic E-state index is 0.884. The van der Waals surface area contributed by atoms with Crippen LogP contribution in [0.3, 0.4) is 0 Å². The van der Waals surface area contributed by atoms with Crippen molar-refractivity contribution in [2.24, 2.45) is 4.66 Å². The van der Waals surface area contributed by atoms with Gasteiger partial charge in [-0.1, -0.05) is 0 Å². The molecule has 0 amide bonds. The standard InChI is InChI=1S/C11H17NOSi/c1-13-11-7-5-10(6-8-11)9-12-14(2,3)4/h5-9H,1-4H3/b12-9+. The van der Waals surface area contributed by atoms with Crippen LogP contribution in [0.4, 0.5) is 0 Å². The number of ether oxygens (including phenoxy) is 1. The molecular formula is C11H17NOSi. The monoisotopic (exact) mass is 207 g/mol. The zero-order chi connectivity index (χ0) is 10.6. The van der Waals surface area contributed by atoms with E-state index in [1.165, 1.54) is 0 Å². The van der Waals surface area contributed by atoms with Crippen molar-refractivity contribution in [1.29, 1.82) is 0 Å². The fourth-order valence-electron chi connectivity index (χ4n) is 0.958. The van der Waals surface area contributed by atoms with Crippen LogP contribution in [0.15, 0.2) is 28.9 Å². The lowest BCUT2D eigenvalue weighted by Gasteiger charge is -2.07. The molecule has 0 radical (unpaired) electrons. The minimum Gasteiger partial charge on any atom is -0.497 e. The van der Waals surface area contributed by atoms with Crippen molar-refractivity contribution in [3.8, 4) is 5.75 Å². The molecule has 76 valence electrons. The van der Waals surface area contributed by atoms with Crippen molar-refractivity contribution in [1.82, 2.24) is 0 Å². The summed E-state index contributed by atoms with van der Waals surface area (Å²) in [6.45, 7) is 6.65. The molecular weight excluding hydrogens is 190 g/mol. The Kier molecular flexibility index (Phi) is 3.47. The van der Waals surface area contributed by atoms with Crippen molar-refractivity contribution in [2.45, 2.75) is 19.6 Å². The summed E-state index contributed by atoms with van der Waals surface area (Å²) in [4.78, 5) is 0. The lowest BCUT2D eigenvalue weighted by molar-refractivity contribution is 0.415. The van der Waals surface area contributed by atoms with Gasteiger partial charge >= 0.3 is 0 Å². The molecule has 0 spiro atoms. The molecule has 0 atom stereocenters. The van der Waals surface area contributed by atoms with Gasteiger partial charge in [0.1, 0.15) is 5.75 Å². The van der Waals surface area contributed by atoms with E-state index < -0.39 is 8.24 Å². The van der Waals surface area contributed by atoms with E-state index >= 15 is 0 Å². The van der Waals surface area contributed by atoms with Gasteiger partial charge in [0.25, 0.3) is 0 Å². The predicted molar refractivity (Wildman–Crippen MR) is 63.9 cm³/mol. The summed E-state index contributed by atoms with van der Waals surface area (Å²) in [5.41, 5.74) is 1.13. The highest BCUT2D eigenvalue weighted by Gasteiger charge is 2.08. The lowest BCUT2D eigenvalue weighted by Crippen LogP contribution is -2.16. The molecule has 3 heteroatoms. The van der Waals surface area contributed by atoms with Crippen LogP contribution in [-0.2, 0) is 0 Å². The van der Waals surface area contributed by atoms with Crippen LogP contribution in [0, 0.1) is 0 Å². The van der Waals surface area contributed by atoms with Crippen LogP contribution in [0.25, 0.3) is 0 Å². The van der Waals surface area contributed by atoms with E-state index in [1.807, 2.05) is 30.5 Å². The van der Waals surface area contributed by atoms with Gasteiger partial charge in [0.15, 0.2) is 8.24 Å². The van der Waals surface area contributed by atoms with Crippen molar-refractivity contribution in [2.75, 3.05) is 7.11 Å². The molecule has 0 N–H and O–H groups in total. The van der Waals surface area contributed by atoms with Crippen molar-refractivity contribution in [3.63, 3.8) is 0 Å². The smallest absolute Gasteiger partial charge is 0.172 e. The number of rotatable bonds is 3. The summed E-state index contributed by atoms with van der Waals surface area (Å²) >= 11 is 0. The number of benzene rings is 1. The van der Waals surface area contributed by atoms with E-state index in [2.05, 4.69) is 24.3 Å². The van der Waals surface area contributed by atoms with Crippen LogP contribution >= 0.6 is 0 Å². The van der Waals surface area contributed by atoms with Gasteiger partial charge in [-0.2, -0.15) is 0 Å². The van der Waals surface area contributed by atoms with Crippen LogP contribution in [0.2, 0.25) is 19.6 Å². The fourth-order valence-corrected chi connectivity index (χ4v) is 1.49. The van der Waals surface area contributed by atoms with Crippen molar-refractivity contribution in [3.05, 3.63) is 29.8 Å². The zero-order valence-corrected chi connectivity index (χ0v) is 10.2. The van der Waals surface area contributed by atoms with E-state index in [0.29, 0.717) is 0 Å². The van der Waals surface area contributed by atoms with Gasteiger partial charge in [-0.25, -0.2) is 0 Å². The highest BCUT2D eigenvalue weighted by Crippen LogP contribution is 2.10. The van der Waals surface area contributed by atoms with E-state index in [4.69, 9.17) is 4.74 Å². The molecule has 1 rings (SSSR count). The third-order valence-electron chi connectivity index (χ3n) is 1.72.